The van der Waals surface area contributed by atoms with Gasteiger partial charge in [0.2, 0.25) is 11.8 Å². The summed E-state index contributed by atoms with van der Waals surface area (Å²) < 4.78 is 29.6. The fraction of sp³-hybridized carbons (Fsp3) is 0.429. The van der Waals surface area contributed by atoms with E-state index in [1.165, 1.54) is 10.7 Å². The maximum atomic E-state index is 14.4. The van der Waals surface area contributed by atoms with Crippen molar-refractivity contribution in [2.24, 2.45) is 0 Å². The third kappa shape index (κ3) is 8.05. The summed E-state index contributed by atoms with van der Waals surface area (Å²) in [5.74, 6) is -0.614. The lowest BCUT2D eigenvalue weighted by Crippen LogP contribution is -2.54. The van der Waals surface area contributed by atoms with Gasteiger partial charge < -0.3 is 10.2 Å². The minimum absolute atomic E-state index is 0.0972. The predicted octanol–water partition coefficient (Wildman–Crippen LogP) is 6.37. The van der Waals surface area contributed by atoms with E-state index in [4.69, 9.17) is 0 Å². The number of hydrogen-bond acceptors (Lipinski definition) is 4. The first-order valence-electron chi connectivity index (χ1n) is 15.3. The zero-order valence-electron chi connectivity index (χ0n) is 26.1. The van der Waals surface area contributed by atoms with Crippen LogP contribution in [0.1, 0.15) is 73.3 Å². The van der Waals surface area contributed by atoms with Crippen molar-refractivity contribution >= 4 is 27.5 Å². The van der Waals surface area contributed by atoms with E-state index in [9.17, 15) is 18.0 Å². The number of carbonyl (C=O) groups is 2. The van der Waals surface area contributed by atoms with Crippen LogP contribution < -0.4 is 9.62 Å². The largest absolute Gasteiger partial charge is 0.352 e. The Balaban J connectivity index is 1.73. The topological polar surface area (TPSA) is 86.8 Å². The molecule has 0 aromatic heterocycles. The van der Waals surface area contributed by atoms with Crippen LogP contribution in [0.4, 0.5) is 5.69 Å². The fourth-order valence-corrected chi connectivity index (χ4v) is 7.16. The van der Waals surface area contributed by atoms with E-state index in [0.29, 0.717) is 12.1 Å². The lowest BCUT2D eigenvalue weighted by atomic mass is 9.95. The van der Waals surface area contributed by atoms with E-state index >= 15 is 0 Å². The van der Waals surface area contributed by atoms with E-state index in [-0.39, 0.29) is 23.4 Å². The highest BCUT2D eigenvalue weighted by molar-refractivity contribution is 7.92. The summed E-state index contributed by atoms with van der Waals surface area (Å²) >= 11 is 0. The van der Waals surface area contributed by atoms with E-state index in [1.807, 2.05) is 71.0 Å². The summed E-state index contributed by atoms with van der Waals surface area (Å²) in [7, 11) is -4.11. The monoisotopic (exact) mass is 603 g/mol. The van der Waals surface area contributed by atoms with Gasteiger partial charge in [-0.3, -0.25) is 13.9 Å². The van der Waals surface area contributed by atoms with E-state index in [2.05, 4.69) is 5.32 Å². The Morgan fingerprint density at radius 1 is 0.837 bits per heavy atom. The first-order valence-corrected chi connectivity index (χ1v) is 16.8. The Hall–Kier alpha value is -3.65. The molecule has 4 rings (SSSR count). The minimum Gasteiger partial charge on any atom is -0.352 e. The maximum Gasteiger partial charge on any atom is 0.264 e. The zero-order chi connectivity index (χ0) is 31.1. The zero-order valence-corrected chi connectivity index (χ0v) is 26.9. The number of hydrogen-bond donors (Lipinski definition) is 1. The van der Waals surface area contributed by atoms with E-state index in [0.717, 1.165) is 53.5 Å². The first kappa shape index (κ1) is 32.3. The Morgan fingerprint density at radius 2 is 1.42 bits per heavy atom. The molecule has 230 valence electrons. The fourth-order valence-electron chi connectivity index (χ4n) is 5.69. The molecule has 43 heavy (non-hydrogen) atoms. The van der Waals surface area contributed by atoms with Gasteiger partial charge in [-0.2, -0.15) is 0 Å². The molecule has 0 heterocycles. The summed E-state index contributed by atoms with van der Waals surface area (Å²) in [6.07, 6.45) is 5.60. The van der Waals surface area contributed by atoms with Crippen LogP contribution in [0.15, 0.2) is 71.6 Å². The first-order chi connectivity index (χ1) is 20.5. The van der Waals surface area contributed by atoms with Gasteiger partial charge in [-0.25, -0.2) is 8.42 Å². The smallest absolute Gasteiger partial charge is 0.264 e. The van der Waals surface area contributed by atoms with Crippen molar-refractivity contribution < 1.29 is 18.0 Å². The van der Waals surface area contributed by atoms with Gasteiger partial charge in [0.05, 0.1) is 10.6 Å². The number of sulfonamides is 1. The molecular weight excluding hydrogens is 558 g/mol. The van der Waals surface area contributed by atoms with E-state index in [1.54, 1.807) is 35.2 Å². The molecule has 0 radical (unpaired) electrons. The summed E-state index contributed by atoms with van der Waals surface area (Å²) in [6.45, 7) is 9.29. The number of nitrogens with zero attached hydrogens (tertiary/aromatic N) is 2. The third-order valence-corrected chi connectivity index (χ3v) is 10.1. The number of rotatable bonds is 11. The molecule has 1 fully saturated rings. The molecule has 2 amide bonds. The Morgan fingerprint density at radius 3 is 2.02 bits per heavy atom. The third-order valence-electron chi connectivity index (χ3n) is 8.33. The predicted molar refractivity (Wildman–Crippen MR) is 172 cm³/mol. The highest BCUT2D eigenvalue weighted by Crippen LogP contribution is 2.29. The molecule has 3 aromatic rings. The van der Waals surface area contributed by atoms with Crippen LogP contribution in [0, 0.1) is 27.7 Å². The van der Waals surface area contributed by atoms with Crippen LogP contribution in [0.25, 0.3) is 0 Å². The second kappa shape index (κ2) is 14.2. The Bertz CT molecular complexity index is 1510. The average Bonchev–Trinajstić information content (AvgIpc) is 2.98. The maximum absolute atomic E-state index is 14.4. The number of carbonyl (C=O) groups excluding carboxylic acids is 2. The quantitative estimate of drug-likeness (QED) is 0.276. The molecule has 7 nitrogen and oxygen atoms in total. The molecule has 8 heteroatoms. The SMILES string of the molecule is CC[C@@H](C(=O)NC1CCCCC1)N(Cc1ccc(C)cc1)C(=O)CN(c1cc(C)ccc1C)S(=O)(=O)c1ccc(C)cc1. The highest BCUT2D eigenvalue weighted by atomic mass is 32.2. The van der Waals surface area contributed by atoms with Crippen molar-refractivity contribution in [2.45, 2.75) is 96.7 Å². The van der Waals surface area contributed by atoms with Crippen LogP contribution in [-0.4, -0.2) is 43.8 Å². The molecule has 0 aliphatic heterocycles. The van der Waals surface area contributed by atoms with Crippen LogP contribution in [0.5, 0.6) is 0 Å². The van der Waals surface area contributed by atoms with Gasteiger partial charge in [-0.1, -0.05) is 85.8 Å². The Labute approximate surface area is 257 Å². The van der Waals surface area contributed by atoms with Gasteiger partial charge in [-0.05, 0) is 81.8 Å². The highest BCUT2D eigenvalue weighted by Gasteiger charge is 2.35. The number of benzene rings is 3. The molecule has 1 aliphatic rings. The van der Waals surface area contributed by atoms with Gasteiger partial charge in [0.25, 0.3) is 10.0 Å². The number of nitrogens with one attached hydrogen (secondary N) is 1. The molecule has 1 N–H and O–H groups in total. The van der Waals surface area contributed by atoms with Gasteiger partial charge in [0.15, 0.2) is 0 Å². The van der Waals surface area contributed by atoms with E-state index < -0.39 is 28.5 Å². The molecule has 3 aromatic carbocycles. The van der Waals surface area contributed by atoms with Crippen molar-refractivity contribution in [3.63, 3.8) is 0 Å². The molecule has 0 unspecified atom stereocenters. The van der Waals surface area contributed by atoms with Crippen LogP contribution >= 0.6 is 0 Å². The van der Waals surface area contributed by atoms with Crippen molar-refractivity contribution in [3.8, 4) is 0 Å². The summed E-state index contributed by atoms with van der Waals surface area (Å²) in [6, 6.07) is 19.5. The summed E-state index contributed by atoms with van der Waals surface area (Å²) in [5.41, 5.74) is 4.97. The Kier molecular flexibility index (Phi) is 10.7. The lowest BCUT2D eigenvalue weighted by molar-refractivity contribution is -0.140. The van der Waals surface area contributed by atoms with Crippen molar-refractivity contribution in [1.82, 2.24) is 10.2 Å². The molecule has 1 atom stereocenters. The molecule has 0 bridgehead atoms. The average molecular weight is 604 g/mol. The van der Waals surface area contributed by atoms with Crippen LogP contribution in [0.3, 0.4) is 0 Å². The second-order valence-corrected chi connectivity index (χ2v) is 13.8. The molecule has 1 saturated carbocycles. The summed E-state index contributed by atoms with van der Waals surface area (Å²) in [4.78, 5) is 29.7. The summed E-state index contributed by atoms with van der Waals surface area (Å²) in [5, 5.41) is 3.20. The number of anilines is 1. The van der Waals surface area contributed by atoms with Gasteiger partial charge in [-0.15, -0.1) is 0 Å². The van der Waals surface area contributed by atoms with Crippen molar-refractivity contribution in [1.29, 1.82) is 0 Å². The standard InChI is InChI=1S/C35H45N3O4S/c1-6-32(35(40)36-30-10-8-7-9-11-30)37(23-29-18-13-25(2)14-19-29)34(39)24-38(33-22-27(4)12-17-28(33)5)43(41,42)31-20-15-26(3)16-21-31/h12-22,30,32H,6-11,23-24H2,1-5H3,(H,36,40)/t32-/m0/s1. The molecule has 0 spiro atoms. The van der Waals surface area contributed by atoms with Gasteiger partial charge in [0.1, 0.15) is 12.6 Å². The van der Waals surface area contributed by atoms with Crippen molar-refractivity contribution in [3.05, 3.63) is 94.5 Å². The van der Waals surface area contributed by atoms with Gasteiger partial charge in [0, 0.05) is 12.6 Å². The second-order valence-electron chi connectivity index (χ2n) is 11.9. The van der Waals surface area contributed by atoms with Crippen molar-refractivity contribution in [2.75, 3.05) is 10.8 Å². The molecule has 1 aliphatic carbocycles. The molecule has 0 saturated heterocycles. The van der Waals surface area contributed by atoms with Gasteiger partial charge >= 0.3 is 0 Å². The lowest BCUT2D eigenvalue weighted by Gasteiger charge is -2.35. The van der Waals surface area contributed by atoms with Crippen LogP contribution in [0.2, 0.25) is 0 Å². The number of amides is 2. The number of aryl methyl sites for hydroxylation is 4. The molecular formula is C35H45N3O4S. The van der Waals surface area contributed by atoms with Crippen LogP contribution in [-0.2, 0) is 26.2 Å². The normalized spacial score (nSPS) is 14.6. The minimum atomic E-state index is -4.11.